The minimum Gasteiger partial charge on any atom is -0.394 e. The second kappa shape index (κ2) is 5.13. The zero-order valence-corrected chi connectivity index (χ0v) is 7.07. The zero-order chi connectivity index (χ0) is 8.65. The molecule has 0 radical (unpaired) electrons. The Morgan fingerprint density at radius 2 is 2.00 bits per heavy atom. The van der Waals surface area contributed by atoms with Gasteiger partial charge in [-0.2, -0.15) is 0 Å². The molecule has 12 heavy (non-hydrogen) atoms. The van der Waals surface area contributed by atoms with Crippen LogP contribution in [0.5, 0.6) is 0 Å². The monoisotopic (exact) mass is 160 g/mol. The summed E-state index contributed by atoms with van der Waals surface area (Å²) in [6, 6.07) is 9.83. The number of nitrogens with zero attached hydrogens (tertiary/aromatic N) is 1. The summed E-state index contributed by atoms with van der Waals surface area (Å²) in [6.45, 7) is 0. The molecule has 0 aliphatic rings. The molecule has 0 bridgehead atoms. The predicted molar refractivity (Wildman–Crippen MR) is 52.8 cm³/mol. The van der Waals surface area contributed by atoms with Crippen molar-refractivity contribution in [3.05, 3.63) is 42.6 Å². The lowest BCUT2D eigenvalue weighted by Gasteiger charge is -1.88. The van der Waals surface area contributed by atoms with E-state index in [4.69, 9.17) is 0 Å². The van der Waals surface area contributed by atoms with Gasteiger partial charge in [0.15, 0.2) is 0 Å². The van der Waals surface area contributed by atoms with Crippen LogP contribution in [-0.4, -0.2) is 13.3 Å². The lowest BCUT2D eigenvalue weighted by molar-refractivity contribution is 1.11. The molecule has 1 aromatic carbocycles. The Labute approximate surface area is 72.6 Å². The summed E-state index contributed by atoms with van der Waals surface area (Å²) >= 11 is 0. The average Bonchev–Trinajstić information content (AvgIpc) is 2.14. The number of nitrogens with one attached hydrogen (secondary N) is 1. The van der Waals surface area contributed by atoms with E-state index in [9.17, 15) is 0 Å². The molecule has 62 valence electrons. The second-order valence-corrected chi connectivity index (χ2v) is 2.26. The number of hydrogen-bond donors (Lipinski definition) is 1. The van der Waals surface area contributed by atoms with Crippen molar-refractivity contribution < 1.29 is 0 Å². The van der Waals surface area contributed by atoms with E-state index in [1.807, 2.05) is 49.7 Å². The molecule has 0 fully saturated rings. The number of rotatable bonds is 3. The van der Waals surface area contributed by atoms with Crippen LogP contribution < -0.4 is 5.32 Å². The van der Waals surface area contributed by atoms with Gasteiger partial charge in [0, 0.05) is 13.3 Å². The third-order valence-corrected chi connectivity index (χ3v) is 1.33. The van der Waals surface area contributed by atoms with Crippen LogP contribution in [0.1, 0.15) is 0 Å². The lowest BCUT2D eigenvalue weighted by Crippen LogP contribution is -1.90. The Bertz CT molecular complexity index is 262. The summed E-state index contributed by atoms with van der Waals surface area (Å²) in [5.74, 6) is 0. The van der Waals surface area contributed by atoms with Crippen LogP contribution in [0.25, 0.3) is 0 Å². The van der Waals surface area contributed by atoms with Gasteiger partial charge in [0.2, 0.25) is 0 Å². The van der Waals surface area contributed by atoms with Gasteiger partial charge in [0.05, 0.1) is 5.69 Å². The van der Waals surface area contributed by atoms with Gasteiger partial charge in [-0.1, -0.05) is 18.2 Å². The van der Waals surface area contributed by atoms with Gasteiger partial charge in [-0.3, -0.25) is 4.99 Å². The molecule has 0 saturated carbocycles. The summed E-state index contributed by atoms with van der Waals surface area (Å²) in [7, 11) is 1.85. The Balaban J connectivity index is 2.52. The highest BCUT2D eigenvalue weighted by molar-refractivity contribution is 5.74. The van der Waals surface area contributed by atoms with Gasteiger partial charge < -0.3 is 5.32 Å². The van der Waals surface area contributed by atoms with Gasteiger partial charge in [-0.05, 0) is 24.4 Å². The SMILES string of the molecule is CN/C=C/C=N/c1ccccc1. The van der Waals surface area contributed by atoms with E-state index in [-0.39, 0.29) is 0 Å². The molecule has 0 unspecified atom stereocenters. The van der Waals surface area contributed by atoms with E-state index in [0.717, 1.165) is 5.69 Å². The van der Waals surface area contributed by atoms with Gasteiger partial charge in [0.25, 0.3) is 0 Å². The van der Waals surface area contributed by atoms with E-state index in [0.29, 0.717) is 0 Å². The molecule has 0 amide bonds. The molecule has 0 aliphatic heterocycles. The van der Waals surface area contributed by atoms with E-state index in [1.54, 1.807) is 6.21 Å². The van der Waals surface area contributed by atoms with Crippen molar-refractivity contribution in [1.82, 2.24) is 5.32 Å². The molecule has 0 heterocycles. The average molecular weight is 160 g/mol. The van der Waals surface area contributed by atoms with Crippen molar-refractivity contribution in [2.45, 2.75) is 0 Å². The predicted octanol–water partition coefficient (Wildman–Crippen LogP) is 2.12. The van der Waals surface area contributed by atoms with Crippen molar-refractivity contribution in [3.8, 4) is 0 Å². The van der Waals surface area contributed by atoms with Crippen LogP contribution in [-0.2, 0) is 0 Å². The van der Waals surface area contributed by atoms with E-state index >= 15 is 0 Å². The van der Waals surface area contributed by atoms with Crippen LogP contribution in [0.3, 0.4) is 0 Å². The smallest absolute Gasteiger partial charge is 0.0629 e. The Kier molecular flexibility index (Phi) is 3.64. The Morgan fingerprint density at radius 3 is 2.67 bits per heavy atom. The van der Waals surface area contributed by atoms with E-state index < -0.39 is 0 Å². The first-order valence-corrected chi connectivity index (χ1v) is 3.85. The first-order chi connectivity index (χ1) is 5.93. The molecule has 0 spiro atoms. The number of benzene rings is 1. The molecule has 0 aliphatic carbocycles. The second-order valence-electron chi connectivity index (χ2n) is 2.26. The third kappa shape index (κ3) is 3.01. The van der Waals surface area contributed by atoms with E-state index in [2.05, 4.69) is 10.3 Å². The molecule has 2 heteroatoms. The summed E-state index contributed by atoms with van der Waals surface area (Å²) in [4.78, 5) is 4.19. The Hall–Kier alpha value is -1.57. The highest BCUT2D eigenvalue weighted by Crippen LogP contribution is 2.07. The fourth-order valence-corrected chi connectivity index (χ4v) is 0.782. The van der Waals surface area contributed by atoms with Crippen molar-refractivity contribution in [2.75, 3.05) is 7.05 Å². The molecule has 0 aromatic heterocycles. The Morgan fingerprint density at radius 1 is 1.25 bits per heavy atom. The first kappa shape index (κ1) is 8.53. The molecular weight excluding hydrogens is 148 g/mol. The van der Waals surface area contributed by atoms with Gasteiger partial charge >= 0.3 is 0 Å². The topological polar surface area (TPSA) is 24.4 Å². The van der Waals surface area contributed by atoms with Crippen LogP contribution in [0.2, 0.25) is 0 Å². The summed E-state index contributed by atoms with van der Waals surface area (Å²) < 4.78 is 0. The van der Waals surface area contributed by atoms with Crippen LogP contribution in [0.15, 0.2) is 47.6 Å². The third-order valence-electron chi connectivity index (χ3n) is 1.33. The summed E-state index contributed by atoms with van der Waals surface area (Å²) in [6.07, 6.45) is 5.44. The number of hydrogen-bond acceptors (Lipinski definition) is 2. The van der Waals surface area contributed by atoms with Crippen LogP contribution in [0.4, 0.5) is 5.69 Å². The normalized spacial score (nSPS) is 11.1. The molecular formula is C10H12N2. The number of aliphatic imine (C=N–C) groups is 1. The van der Waals surface area contributed by atoms with Crippen molar-refractivity contribution >= 4 is 11.9 Å². The fraction of sp³-hybridized carbons (Fsp3) is 0.100. The zero-order valence-electron chi connectivity index (χ0n) is 7.07. The standard InChI is InChI=1S/C10H12N2/c1-11-8-5-9-12-10-6-3-2-4-7-10/h2-9,11H,1H3/b8-5+,12-9+. The molecule has 0 atom stereocenters. The number of para-hydroxylation sites is 1. The quantitative estimate of drug-likeness (QED) is 0.673. The maximum Gasteiger partial charge on any atom is 0.0629 e. The molecule has 1 rings (SSSR count). The molecule has 2 nitrogen and oxygen atoms in total. The molecule has 1 aromatic rings. The van der Waals surface area contributed by atoms with Crippen molar-refractivity contribution in [1.29, 1.82) is 0 Å². The van der Waals surface area contributed by atoms with E-state index in [1.165, 1.54) is 0 Å². The van der Waals surface area contributed by atoms with Gasteiger partial charge in [-0.15, -0.1) is 0 Å². The molecule has 1 N–H and O–H groups in total. The number of allylic oxidation sites excluding steroid dienone is 1. The maximum atomic E-state index is 4.19. The largest absolute Gasteiger partial charge is 0.394 e. The highest BCUT2D eigenvalue weighted by atomic mass is 14.8. The molecule has 0 saturated heterocycles. The minimum absolute atomic E-state index is 0.971. The van der Waals surface area contributed by atoms with Gasteiger partial charge in [0.1, 0.15) is 0 Å². The van der Waals surface area contributed by atoms with Crippen molar-refractivity contribution in [3.63, 3.8) is 0 Å². The maximum absolute atomic E-state index is 4.19. The highest BCUT2D eigenvalue weighted by Gasteiger charge is 1.79. The fourth-order valence-electron chi connectivity index (χ4n) is 0.782. The summed E-state index contributed by atoms with van der Waals surface area (Å²) in [5.41, 5.74) is 0.971. The van der Waals surface area contributed by atoms with Crippen molar-refractivity contribution in [2.24, 2.45) is 4.99 Å². The minimum atomic E-state index is 0.971. The lowest BCUT2D eigenvalue weighted by atomic mass is 10.3. The summed E-state index contributed by atoms with van der Waals surface area (Å²) in [5, 5.41) is 2.88. The van der Waals surface area contributed by atoms with Crippen LogP contribution in [0, 0.1) is 0 Å². The van der Waals surface area contributed by atoms with Crippen LogP contribution >= 0.6 is 0 Å². The van der Waals surface area contributed by atoms with Gasteiger partial charge in [-0.25, -0.2) is 0 Å². The first-order valence-electron chi connectivity index (χ1n) is 3.85.